The second-order valence-corrected chi connectivity index (χ2v) is 10.6. The Morgan fingerprint density at radius 1 is 0.840 bits per heavy atom. The molecular weight excluding hydrogens is 359 g/mol. The van der Waals surface area contributed by atoms with Crippen LogP contribution >= 0.6 is 6.72 Å². The van der Waals surface area contributed by atoms with Gasteiger partial charge in [-0.3, -0.25) is 0 Å². The molecule has 0 rings (SSSR count). The van der Waals surface area contributed by atoms with Crippen LogP contribution in [0.15, 0.2) is 12.2 Å². The second-order valence-electron chi connectivity index (χ2n) is 6.31. The largest absolute Gasteiger partial charge is 0.463 e. The van der Waals surface area contributed by atoms with Crippen molar-refractivity contribution >= 4 is 23.6 Å². The predicted octanol–water partition coefficient (Wildman–Crippen LogP) is 4.26. The van der Waals surface area contributed by atoms with E-state index in [0.717, 1.165) is 25.7 Å². The summed E-state index contributed by atoms with van der Waals surface area (Å²) in [6, 6.07) is 0. The SMILES string of the molecule is CC=CC(=O)OCCCCCCCCCCCCCC[SH]=P(O)(O)O. The van der Waals surface area contributed by atoms with Crippen molar-refractivity contribution in [3.05, 3.63) is 12.2 Å². The lowest BCUT2D eigenvalue weighted by Gasteiger charge is -2.04. The van der Waals surface area contributed by atoms with Crippen LogP contribution in [0.2, 0.25) is 0 Å². The molecule has 0 aromatic heterocycles. The fourth-order valence-corrected chi connectivity index (χ4v) is 4.41. The molecule has 0 unspecified atom stereocenters. The summed E-state index contributed by atoms with van der Waals surface area (Å²) in [5.41, 5.74) is 0. The quantitative estimate of drug-likeness (QED) is 0.103. The number of ether oxygens (including phenoxy) is 1. The molecule has 150 valence electrons. The van der Waals surface area contributed by atoms with E-state index in [2.05, 4.69) is 0 Å². The molecule has 0 aliphatic rings. The minimum Gasteiger partial charge on any atom is -0.463 e. The van der Waals surface area contributed by atoms with E-state index in [1.54, 1.807) is 13.0 Å². The van der Waals surface area contributed by atoms with Crippen LogP contribution < -0.4 is 0 Å². The molecule has 0 aliphatic heterocycles. The number of allylic oxidation sites excluding steroid dienone is 1. The summed E-state index contributed by atoms with van der Waals surface area (Å²) >= 11 is 0. The molecule has 25 heavy (non-hydrogen) atoms. The van der Waals surface area contributed by atoms with Gasteiger partial charge < -0.3 is 19.4 Å². The number of carbonyl (C=O) groups is 1. The molecular formula is C18H37O5PS. The van der Waals surface area contributed by atoms with Crippen molar-refractivity contribution in [2.75, 3.05) is 12.4 Å². The van der Waals surface area contributed by atoms with Gasteiger partial charge in [-0.15, -0.1) is 10.9 Å². The molecule has 0 saturated heterocycles. The van der Waals surface area contributed by atoms with Crippen molar-refractivity contribution in [2.24, 2.45) is 0 Å². The van der Waals surface area contributed by atoms with Crippen LogP contribution in [0.4, 0.5) is 0 Å². The zero-order chi connectivity index (χ0) is 18.8. The van der Waals surface area contributed by atoms with Gasteiger partial charge in [-0.2, -0.15) is 0 Å². The molecule has 0 aromatic carbocycles. The smallest absolute Gasteiger partial charge is 0.330 e. The third kappa shape index (κ3) is 21.8. The topological polar surface area (TPSA) is 87.0 Å². The second kappa shape index (κ2) is 17.3. The molecule has 0 atom stereocenters. The average molecular weight is 397 g/mol. The number of carbonyl (C=O) groups excluding carboxylic acids is 1. The van der Waals surface area contributed by atoms with E-state index >= 15 is 0 Å². The monoisotopic (exact) mass is 396 g/mol. The lowest BCUT2D eigenvalue weighted by Crippen LogP contribution is -2.01. The van der Waals surface area contributed by atoms with Gasteiger partial charge in [0, 0.05) is 6.08 Å². The molecule has 0 spiro atoms. The Labute approximate surface area is 156 Å². The van der Waals surface area contributed by atoms with Crippen LogP contribution in [0.5, 0.6) is 0 Å². The van der Waals surface area contributed by atoms with Crippen molar-refractivity contribution in [2.45, 2.75) is 84.0 Å². The Morgan fingerprint density at radius 3 is 1.72 bits per heavy atom. The minimum atomic E-state index is -3.56. The van der Waals surface area contributed by atoms with Crippen LogP contribution in [-0.4, -0.2) is 33.0 Å². The summed E-state index contributed by atoms with van der Waals surface area (Å²) in [4.78, 5) is 37.6. The summed E-state index contributed by atoms with van der Waals surface area (Å²) in [6.45, 7) is -1.23. The molecule has 0 heterocycles. The van der Waals surface area contributed by atoms with Crippen molar-refractivity contribution in [1.29, 1.82) is 0 Å². The summed E-state index contributed by atoms with van der Waals surface area (Å²) in [5.74, 6) is 0.429. The van der Waals surface area contributed by atoms with Gasteiger partial charge in [-0.25, -0.2) is 4.79 Å². The molecule has 5 nitrogen and oxygen atoms in total. The maximum absolute atomic E-state index is 11.1. The molecule has 0 amide bonds. The van der Waals surface area contributed by atoms with Gasteiger partial charge >= 0.3 is 5.97 Å². The molecule has 3 N–H and O–H groups in total. The van der Waals surface area contributed by atoms with Crippen LogP contribution in [0, 0.1) is 0 Å². The van der Waals surface area contributed by atoms with Crippen LogP contribution in [0.25, 0.3) is 0 Å². The van der Waals surface area contributed by atoms with Gasteiger partial charge in [0.1, 0.15) is 0 Å². The van der Waals surface area contributed by atoms with Crippen LogP contribution in [-0.2, 0) is 20.5 Å². The first kappa shape index (κ1) is 24.9. The van der Waals surface area contributed by atoms with Crippen molar-refractivity contribution < 1.29 is 24.2 Å². The van der Waals surface area contributed by atoms with Gasteiger partial charge in [-0.1, -0.05) is 70.3 Å². The number of rotatable bonds is 16. The average Bonchev–Trinajstić information content (AvgIpc) is 2.53. The minimum absolute atomic E-state index is 0.244. The third-order valence-corrected chi connectivity index (χ3v) is 6.52. The Kier molecular flexibility index (Phi) is 17.2. The van der Waals surface area contributed by atoms with Crippen LogP contribution in [0.1, 0.15) is 84.0 Å². The number of hydrogen-bond acceptors (Lipinski definition) is 2. The normalized spacial score (nSPS) is 12.0. The lowest BCUT2D eigenvalue weighted by molar-refractivity contribution is -0.137. The van der Waals surface area contributed by atoms with E-state index in [4.69, 9.17) is 19.4 Å². The zero-order valence-corrected chi connectivity index (χ0v) is 17.4. The Hall–Kier alpha value is -0.130. The first-order valence-corrected chi connectivity index (χ1v) is 12.9. The maximum atomic E-state index is 11.1. The number of unbranched alkanes of at least 4 members (excludes halogenated alkanes) is 11. The van der Waals surface area contributed by atoms with E-state index in [-0.39, 0.29) is 5.97 Å². The molecule has 0 radical (unpaired) electrons. The number of hydrogen-bond donors (Lipinski definition) is 4. The third-order valence-electron chi connectivity index (χ3n) is 3.89. The maximum Gasteiger partial charge on any atom is 0.330 e. The molecule has 0 saturated carbocycles. The Morgan fingerprint density at radius 2 is 1.28 bits per heavy atom. The highest BCUT2D eigenvalue weighted by Gasteiger charge is 1.99. The van der Waals surface area contributed by atoms with E-state index in [0.29, 0.717) is 23.3 Å². The number of thiol groups is 1. The van der Waals surface area contributed by atoms with Gasteiger partial charge in [-0.05, 0) is 25.5 Å². The zero-order valence-electron chi connectivity index (χ0n) is 15.6. The molecule has 0 bridgehead atoms. The van der Waals surface area contributed by atoms with Gasteiger partial charge in [0.2, 0.25) is 0 Å². The standard InChI is InChI=1S/C18H37O5PS/c1-2-15-18(19)23-16-13-11-9-7-5-3-4-6-8-10-12-14-17-25-24(20,21)22/h2,15,20-22,25H,3-14,16-17H2,1H3. The Balaban J connectivity index is 3.16. The first-order valence-electron chi connectivity index (χ1n) is 9.51. The van der Waals surface area contributed by atoms with Crippen molar-refractivity contribution in [3.63, 3.8) is 0 Å². The van der Waals surface area contributed by atoms with E-state index in [1.807, 2.05) is 0 Å². The van der Waals surface area contributed by atoms with Gasteiger partial charge in [0.25, 0.3) is 6.72 Å². The van der Waals surface area contributed by atoms with Gasteiger partial charge in [0.05, 0.1) is 6.61 Å². The summed E-state index contributed by atoms with van der Waals surface area (Å²) in [5, 5.41) is 0. The van der Waals surface area contributed by atoms with Gasteiger partial charge in [0.15, 0.2) is 0 Å². The Bertz CT molecular complexity index is 398. The lowest BCUT2D eigenvalue weighted by atomic mass is 10.1. The van der Waals surface area contributed by atoms with E-state index < -0.39 is 6.72 Å². The van der Waals surface area contributed by atoms with E-state index in [1.165, 1.54) is 57.4 Å². The highest BCUT2D eigenvalue weighted by molar-refractivity contribution is 8.16. The fraction of sp³-hybridized carbons (Fsp3) is 0.833. The summed E-state index contributed by atoms with van der Waals surface area (Å²) < 4.78 is 5.04. The highest BCUT2D eigenvalue weighted by atomic mass is 32.5. The number of esters is 1. The van der Waals surface area contributed by atoms with Crippen LogP contribution in [0.3, 0.4) is 0 Å². The molecule has 0 aliphatic carbocycles. The van der Waals surface area contributed by atoms with Crippen molar-refractivity contribution in [1.82, 2.24) is 0 Å². The molecule has 0 aromatic rings. The fourth-order valence-electron chi connectivity index (χ4n) is 2.54. The summed E-state index contributed by atoms with van der Waals surface area (Å²) in [6.07, 6.45) is 17.3. The summed E-state index contributed by atoms with van der Waals surface area (Å²) in [7, 11) is 0.387. The first-order chi connectivity index (χ1) is 12.0. The molecule has 0 fully saturated rings. The predicted molar refractivity (Wildman–Crippen MR) is 108 cm³/mol. The highest BCUT2D eigenvalue weighted by Crippen LogP contribution is 2.31. The van der Waals surface area contributed by atoms with E-state index in [9.17, 15) is 4.79 Å². The van der Waals surface area contributed by atoms with Crippen molar-refractivity contribution in [3.8, 4) is 0 Å². The molecule has 7 heteroatoms.